The Balaban J connectivity index is 2.01. The molecule has 24 heavy (non-hydrogen) atoms. The zero-order valence-corrected chi connectivity index (χ0v) is 14.4. The van der Waals surface area contributed by atoms with Gasteiger partial charge in [0.05, 0.1) is 17.7 Å². The predicted molar refractivity (Wildman–Crippen MR) is 95.4 cm³/mol. The highest BCUT2D eigenvalue weighted by Gasteiger charge is 2.19. The Morgan fingerprint density at radius 3 is 2.33 bits per heavy atom. The monoisotopic (exact) mass is 321 g/mol. The maximum Gasteiger partial charge on any atom is 0.318 e. The lowest BCUT2D eigenvalue weighted by atomic mass is 10.1. The van der Waals surface area contributed by atoms with Crippen LogP contribution in [0.1, 0.15) is 42.1 Å². The van der Waals surface area contributed by atoms with Crippen LogP contribution in [0.25, 0.3) is 0 Å². The molecule has 0 radical (unpaired) electrons. The summed E-state index contributed by atoms with van der Waals surface area (Å²) in [5.74, 6) is 0. The molecule has 0 unspecified atom stereocenters. The van der Waals surface area contributed by atoms with Gasteiger partial charge in [-0.2, -0.15) is 5.26 Å². The molecule has 0 heterocycles. The third-order valence-corrected chi connectivity index (χ3v) is 4.16. The van der Waals surface area contributed by atoms with Gasteiger partial charge in [0.1, 0.15) is 0 Å². The molecule has 0 aromatic heterocycles. The first-order valence-electron chi connectivity index (χ1n) is 8.15. The van der Waals surface area contributed by atoms with Crippen LogP contribution in [0.2, 0.25) is 0 Å². The van der Waals surface area contributed by atoms with Gasteiger partial charge in [-0.1, -0.05) is 42.0 Å². The summed E-state index contributed by atoms with van der Waals surface area (Å²) >= 11 is 0. The molecular weight excluding hydrogens is 298 g/mol. The Hall–Kier alpha value is -2.80. The summed E-state index contributed by atoms with van der Waals surface area (Å²) in [6.07, 6.45) is 0. The van der Waals surface area contributed by atoms with Gasteiger partial charge in [-0.3, -0.25) is 0 Å². The van der Waals surface area contributed by atoms with Crippen molar-refractivity contribution in [2.24, 2.45) is 0 Å². The van der Waals surface area contributed by atoms with Gasteiger partial charge in [0.2, 0.25) is 0 Å². The van der Waals surface area contributed by atoms with Crippen molar-refractivity contribution in [1.29, 1.82) is 5.26 Å². The lowest BCUT2D eigenvalue weighted by Gasteiger charge is -2.28. The highest BCUT2D eigenvalue weighted by molar-refractivity contribution is 5.74. The number of rotatable bonds is 5. The summed E-state index contributed by atoms with van der Waals surface area (Å²) in [5, 5.41) is 11.9. The molecule has 0 saturated carbocycles. The van der Waals surface area contributed by atoms with E-state index in [-0.39, 0.29) is 12.1 Å². The average Bonchev–Trinajstić information content (AvgIpc) is 2.61. The number of benzene rings is 2. The van der Waals surface area contributed by atoms with Gasteiger partial charge in [-0.15, -0.1) is 0 Å². The first-order chi connectivity index (χ1) is 11.5. The minimum absolute atomic E-state index is 0.0549. The Labute approximate surface area is 143 Å². The van der Waals surface area contributed by atoms with Crippen LogP contribution in [-0.4, -0.2) is 17.5 Å². The van der Waals surface area contributed by atoms with E-state index in [2.05, 4.69) is 11.4 Å². The van der Waals surface area contributed by atoms with E-state index in [0.717, 1.165) is 11.1 Å². The lowest BCUT2D eigenvalue weighted by Crippen LogP contribution is -2.41. The van der Waals surface area contributed by atoms with Gasteiger partial charge in [0.15, 0.2) is 0 Å². The van der Waals surface area contributed by atoms with Gasteiger partial charge >= 0.3 is 6.03 Å². The van der Waals surface area contributed by atoms with Gasteiger partial charge in [-0.25, -0.2) is 4.79 Å². The van der Waals surface area contributed by atoms with Crippen molar-refractivity contribution in [3.05, 3.63) is 70.8 Å². The minimum Gasteiger partial charge on any atom is -0.334 e. The van der Waals surface area contributed by atoms with Gasteiger partial charge in [0.25, 0.3) is 0 Å². The molecule has 4 heteroatoms. The largest absolute Gasteiger partial charge is 0.334 e. The number of carbonyl (C=O) groups excluding carboxylic acids is 1. The quantitative estimate of drug-likeness (QED) is 0.899. The molecule has 0 aliphatic carbocycles. The van der Waals surface area contributed by atoms with Crippen LogP contribution >= 0.6 is 0 Å². The van der Waals surface area contributed by atoms with Crippen LogP contribution in [-0.2, 0) is 6.54 Å². The van der Waals surface area contributed by atoms with E-state index < -0.39 is 0 Å². The molecule has 0 fully saturated rings. The van der Waals surface area contributed by atoms with Crippen molar-refractivity contribution < 1.29 is 4.79 Å². The third-order valence-electron chi connectivity index (χ3n) is 4.16. The van der Waals surface area contributed by atoms with Crippen molar-refractivity contribution in [2.75, 3.05) is 6.54 Å². The number of urea groups is 1. The predicted octanol–water partition coefficient (Wildman–Crippen LogP) is 4.16. The highest BCUT2D eigenvalue weighted by atomic mass is 16.2. The molecule has 124 valence electrons. The maximum absolute atomic E-state index is 12.5. The number of hydrogen-bond donors (Lipinski definition) is 1. The van der Waals surface area contributed by atoms with Crippen molar-refractivity contribution in [1.82, 2.24) is 10.2 Å². The van der Waals surface area contributed by atoms with E-state index in [9.17, 15) is 4.79 Å². The number of nitrogens with one attached hydrogen (secondary N) is 1. The Morgan fingerprint density at radius 2 is 1.79 bits per heavy atom. The number of hydrogen-bond acceptors (Lipinski definition) is 2. The fraction of sp³-hybridized carbons (Fsp3) is 0.300. The zero-order valence-electron chi connectivity index (χ0n) is 14.4. The molecule has 0 aliphatic heterocycles. The fourth-order valence-electron chi connectivity index (χ4n) is 2.59. The van der Waals surface area contributed by atoms with Gasteiger partial charge < -0.3 is 10.2 Å². The molecule has 0 spiro atoms. The van der Waals surface area contributed by atoms with Crippen molar-refractivity contribution >= 4 is 6.03 Å². The van der Waals surface area contributed by atoms with E-state index in [0.29, 0.717) is 18.7 Å². The Bertz CT molecular complexity index is 714. The second-order valence-corrected chi connectivity index (χ2v) is 5.84. The molecule has 2 aromatic rings. The van der Waals surface area contributed by atoms with E-state index in [1.807, 2.05) is 57.2 Å². The number of aryl methyl sites for hydroxylation is 1. The van der Waals surface area contributed by atoms with Crippen LogP contribution < -0.4 is 5.32 Å². The summed E-state index contributed by atoms with van der Waals surface area (Å²) in [6.45, 7) is 7.12. The van der Waals surface area contributed by atoms with Crippen LogP contribution in [0, 0.1) is 18.3 Å². The summed E-state index contributed by atoms with van der Waals surface area (Å²) in [6, 6.07) is 17.5. The number of amides is 2. The zero-order chi connectivity index (χ0) is 17.5. The highest BCUT2D eigenvalue weighted by Crippen LogP contribution is 2.20. The third kappa shape index (κ3) is 4.36. The smallest absolute Gasteiger partial charge is 0.318 e. The van der Waals surface area contributed by atoms with Crippen LogP contribution in [0.15, 0.2) is 48.5 Å². The van der Waals surface area contributed by atoms with Gasteiger partial charge in [0, 0.05) is 13.1 Å². The van der Waals surface area contributed by atoms with E-state index >= 15 is 0 Å². The summed E-state index contributed by atoms with van der Waals surface area (Å²) < 4.78 is 0. The first-order valence-corrected chi connectivity index (χ1v) is 8.15. The molecule has 1 atom stereocenters. The normalized spacial score (nSPS) is 11.4. The minimum atomic E-state index is -0.0880. The summed E-state index contributed by atoms with van der Waals surface area (Å²) in [5.41, 5.74) is 3.92. The number of nitrogens with zero attached hydrogens (tertiary/aromatic N) is 2. The van der Waals surface area contributed by atoms with Crippen LogP contribution in [0.5, 0.6) is 0 Å². The van der Waals surface area contributed by atoms with E-state index in [1.54, 1.807) is 17.0 Å². The second-order valence-electron chi connectivity index (χ2n) is 5.84. The second kappa shape index (κ2) is 8.16. The molecular formula is C20H23N3O. The van der Waals surface area contributed by atoms with E-state index in [4.69, 9.17) is 5.26 Å². The molecule has 0 aliphatic rings. The van der Waals surface area contributed by atoms with Crippen molar-refractivity contribution in [3.63, 3.8) is 0 Å². The fourth-order valence-corrected chi connectivity index (χ4v) is 2.59. The molecule has 1 N–H and O–H groups in total. The van der Waals surface area contributed by atoms with E-state index in [1.165, 1.54) is 5.56 Å². The van der Waals surface area contributed by atoms with Crippen LogP contribution in [0.4, 0.5) is 4.79 Å². The Morgan fingerprint density at radius 1 is 1.17 bits per heavy atom. The number of carbonyl (C=O) groups is 1. The molecule has 2 aromatic carbocycles. The molecule has 0 saturated heterocycles. The van der Waals surface area contributed by atoms with Crippen molar-refractivity contribution in [3.8, 4) is 6.07 Å². The SMILES string of the molecule is CCN(C(=O)NCc1ccc(C)cc1)[C@@H](C)c1ccc(C#N)cc1. The van der Waals surface area contributed by atoms with Crippen molar-refractivity contribution in [2.45, 2.75) is 33.4 Å². The number of nitriles is 1. The molecule has 2 rings (SSSR count). The Kier molecular flexibility index (Phi) is 5.97. The summed E-state index contributed by atoms with van der Waals surface area (Å²) in [7, 11) is 0. The summed E-state index contributed by atoms with van der Waals surface area (Å²) in [4.78, 5) is 14.3. The molecule has 0 bridgehead atoms. The standard InChI is InChI=1S/C20H23N3O/c1-4-23(16(3)19-11-9-17(13-21)10-12-19)20(24)22-14-18-7-5-15(2)6-8-18/h5-12,16H,4,14H2,1-3H3,(H,22,24)/t16-/m0/s1. The maximum atomic E-state index is 12.5. The average molecular weight is 321 g/mol. The topological polar surface area (TPSA) is 56.1 Å². The first kappa shape index (κ1) is 17.6. The molecule has 2 amide bonds. The van der Waals surface area contributed by atoms with Gasteiger partial charge in [-0.05, 0) is 44.0 Å². The molecule has 4 nitrogen and oxygen atoms in total. The lowest BCUT2D eigenvalue weighted by molar-refractivity contribution is 0.182. The van der Waals surface area contributed by atoms with Crippen LogP contribution in [0.3, 0.4) is 0 Å².